The maximum Gasteiger partial charge on any atom is 0.197 e. The van der Waals surface area contributed by atoms with Crippen molar-refractivity contribution in [2.45, 2.75) is 88.7 Å². The van der Waals surface area contributed by atoms with Gasteiger partial charge in [0.2, 0.25) is 0 Å². The SMILES string of the molecule is CC(C)=C1C/C=C(\C)CCC(Cl)C(C)(C)Oc2cc(O)c3c(c2)C(=O)[C@@](O)(C1)[C@@](C)(Cl)C3=O. The highest BCUT2D eigenvalue weighted by molar-refractivity contribution is 6.44. The Kier molecular flexibility index (Phi) is 6.84. The fourth-order valence-electron chi connectivity index (χ4n) is 4.41. The number of ether oxygens (including phenoxy) is 1. The summed E-state index contributed by atoms with van der Waals surface area (Å²) in [4.78, 5) is 25.1. The number of Topliss-reactive ketones (excluding diaryl/α,β-unsaturated/α-hetero) is 2. The zero-order chi connectivity index (χ0) is 24.9. The summed E-state index contributed by atoms with van der Waals surface area (Å²) in [7, 11) is 0. The molecule has 0 aromatic heterocycles. The summed E-state index contributed by atoms with van der Waals surface area (Å²) in [5, 5.41) is 22.0. The van der Waals surface area contributed by atoms with Crippen molar-refractivity contribution in [3.05, 3.63) is 46.1 Å². The van der Waals surface area contributed by atoms with E-state index in [1.165, 1.54) is 19.1 Å². The van der Waals surface area contributed by atoms with Crippen molar-refractivity contribution in [2.24, 2.45) is 0 Å². The van der Waals surface area contributed by atoms with Crippen LogP contribution < -0.4 is 4.74 Å². The minimum absolute atomic E-state index is 0.0986. The fourth-order valence-corrected chi connectivity index (χ4v) is 4.81. The van der Waals surface area contributed by atoms with Crippen LogP contribution in [0.3, 0.4) is 0 Å². The smallest absolute Gasteiger partial charge is 0.197 e. The van der Waals surface area contributed by atoms with Crippen LogP contribution in [-0.2, 0) is 0 Å². The number of halogens is 2. The van der Waals surface area contributed by atoms with Gasteiger partial charge in [-0.1, -0.05) is 22.8 Å². The number of alkyl halides is 2. The Morgan fingerprint density at radius 1 is 1.15 bits per heavy atom. The van der Waals surface area contributed by atoms with Crippen LogP contribution in [0, 0.1) is 0 Å². The summed E-state index contributed by atoms with van der Waals surface area (Å²) in [6.45, 7) is 10.8. The second kappa shape index (κ2) is 8.75. The van der Waals surface area contributed by atoms with Gasteiger partial charge in [0, 0.05) is 18.1 Å². The Morgan fingerprint density at radius 3 is 2.39 bits per heavy atom. The van der Waals surface area contributed by atoms with Crippen LogP contribution in [0.15, 0.2) is 34.9 Å². The average Bonchev–Trinajstić information content (AvgIpc) is 2.71. The third kappa shape index (κ3) is 4.48. The van der Waals surface area contributed by atoms with Gasteiger partial charge in [0.05, 0.1) is 10.9 Å². The number of ketones is 2. The van der Waals surface area contributed by atoms with E-state index < -0.39 is 33.4 Å². The van der Waals surface area contributed by atoms with Crippen LogP contribution >= 0.6 is 23.2 Å². The number of carbonyl (C=O) groups excluding carboxylic acids is 2. The number of carbonyl (C=O) groups is 2. The molecular formula is C26H32Cl2O5. The molecule has 0 radical (unpaired) electrons. The van der Waals surface area contributed by atoms with Crippen LogP contribution in [0.1, 0.15) is 87.9 Å². The summed E-state index contributed by atoms with van der Waals surface area (Å²) < 4.78 is 6.09. The molecule has 0 spiro atoms. The first kappa shape index (κ1) is 25.8. The van der Waals surface area contributed by atoms with Crippen LogP contribution in [0.25, 0.3) is 0 Å². The lowest BCUT2D eigenvalue weighted by Crippen LogP contribution is -2.62. The molecule has 5 nitrogen and oxygen atoms in total. The van der Waals surface area contributed by atoms with Gasteiger partial charge in [0.15, 0.2) is 17.2 Å². The number of hydrogen-bond acceptors (Lipinski definition) is 5. The largest absolute Gasteiger partial charge is 0.507 e. The van der Waals surface area contributed by atoms with Crippen molar-refractivity contribution in [3.8, 4) is 11.5 Å². The third-order valence-electron chi connectivity index (χ3n) is 6.94. The van der Waals surface area contributed by atoms with Crippen LogP contribution in [0.2, 0.25) is 0 Å². The van der Waals surface area contributed by atoms with E-state index in [9.17, 15) is 19.8 Å². The van der Waals surface area contributed by atoms with Gasteiger partial charge in [0.25, 0.3) is 0 Å². The van der Waals surface area contributed by atoms with E-state index in [-0.39, 0.29) is 28.7 Å². The Balaban J connectivity index is 2.28. The highest BCUT2D eigenvalue weighted by Crippen LogP contribution is 2.48. The van der Waals surface area contributed by atoms with E-state index in [1.807, 2.05) is 34.6 Å². The number of phenolic OH excluding ortho intramolecular Hbond substituents is 1. The van der Waals surface area contributed by atoms with Crippen LogP contribution in [-0.4, -0.2) is 43.2 Å². The lowest BCUT2D eigenvalue weighted by atomic mass is 9.67. The maximum absolute atomic E-state index is 13.7. The molecular weight excluding hydrogens is 463 g/mol. The molecule has 0 saturated heterocycles. The Morgan fingerprint density at radius 2 is 1.79 bits per heavy atom. The summed E-state index contributed by atoms with van der Waals surface area (Å²) in [6, 6.07) is 2.68. The summed E-state index contributed by atoms with van der Waals surface area (Å²) in [5.74, 6) is -1.65. The quantitative estimate of drug-likeness (QED) is 0.335. The first-order valence-electron chi connectivity index (χ1n) is 11.1. The van der Waals surface area contributed by atoms with Crippen LogP contribution in [0.5, 0.6) is 11.5 Å². The minimum atomic E-state index is -2.19. The van der Waals surface area contributed by atoms with Gasteiger partial charge in [-0.25, -0.2) is 0 Å². The molecule has 1 unspecified atom stereocenters. The molecule has 1 heterocycles. The summed E-state index contributed by atoms with van der Waals surface area (Å²) in [6.07, 6.45) is 3.88. The normalized spacial score (nSPS) is 31.8. The van der Waals surface area contributed by atoms with E-state index in [1.54, 1.807) is 0 Å². The van der Waals surface area contributed by atoms with Crippen molar-refractivity contribution in [3.63, 3.8) is 0 Å². The molecule has 1 aliphatic carbocycles. The van der Waals surface area contributed by atoms with Crippen LogP contribution in [0.4, 0.5) is 0 Å². The van der Waals surface area contributed by atoms with E-state index in [4.69, 9.17) is 27.9 Å². The second-order valence-corrected chi connectivity index (χ2v) is 11.4. The van der Waals surface area contributed by atoms with Gasteiger partial charge in [-0.05, 0) is 66.9 Å². The molecule has 1 aromatic rings. The lowest BCUT2D eigenvalue weighted by Gasteiger charge is -2.43. The Bertz CT molecular complexity index is 1060. The molecule has 2 N–H and O–H groups in total. The fraction of sp³-hybridized carbons (Fsp3) is 0.538. The third-order valence-corrected chi connectivity index (χ3v) is 8.17. The molecule has 1 aromatic carbocycles. The Labute approximate surface area is 205 Å². The highest BCUT2D eigenvalue weighted by atomic mass is 35.5. The second-order valence-electron chi connectivity index (χ2n) is 10.1. The zero-order valence-corrected chi connectivity index (χ0v) is 21.5. The molecule has 3 rings (SSSR count). The molecule has 3 bridgehead atoms. The van der Waals surface area contributed by atoms with Gasteiger partial charge in [-0.15, -0.1) is 23.2 Å². The van der Waals surface area contributed by atoms with E-state index in [0.717, 1.165) is 23.1 Å². The Hall–Kier alpha value is -1.82. The van der Waals surface area contributed by atoms with Crippen molar-refractivity contribution in [2.75, 3.05) is 0 Å². The summed E-state index contributed by atoms with van der Waals surface area (Å²) in [5.41, 5.74) is -0.442. The molecule has 0 fully saturated rings. The lowest BCUT2D eigenvalue weighted by molar-refractivity contribution is 0.00869. The monoisotopic (exact) mass is 494 g/mol. The number of aliphatic hydroxyl groups is 1. The number of benzene rings is 1. The minimum Gasteiger partial charge on any atom is -0.507 e. The number of aromatic hydroxyl groups is 1. The number of phenols is 1. The molecule has 33 heavy (non-hydrogen) atoms. The standard InChI is InChI=1S/C26H32Cl2O5/c1-14(2)16-9-7-15(3)8-10-20(27)24(4,5)33-17-11-18-21(19(29)12-17)23(31)25(6,28)26(32,13-16)22(18)30/h7,11-12,20,29,32H,8-10,13H2,1-6H3/b15-7+/t20?,25-,26-/m0/s1. The highest BCUT2D eigenvalue weighted by Gasteiger charge is 2.61. The number of hydrogen-bond donors (Lipinski definition) is 2. The van der Waals surface area contributed by atoms with Gasteiger partial charge < -0.3 is 14.9 Å². The number of rotatable bonds is 0. The molecule has 0 amide bonds. The predicted octanol–water partition coefficient (Wildman–Crippen LogP) is 6.12. The number of fused-ring (bicyclic) bond motifs is 2. The molecule has 3 atom stereocenters. The predicted molar refractivity (Wildman–Crippen MR) is 131 cm³/mol. The average molecular weight is 495 g/mol. The topological polar surface area (TPSA) is 83.8 Å². The molecule has 1 aliphatic heterocycles. The maximum atomic E-state index is 13.7. The first-order valence-corrected chi connectivity index (χ1v) is 11.9. The van der Waals surface area contributed by atoms with Gasteiger partial charge in [0.1, 0.15) is 22.0 Å². The van der Waals surface area contributed by atoms with Crippen molar-refractivity contribution < 1.29 is 24.5 Å². The van der Waals surface area contributed by atoms with E-state index >= 15 is 0 Å². The molecule has 180 valence electrons. The zero-order valence-electron chi connectivity index (χ0n) is 20.0. The van der Waals surface area contributed by atoms with Gasteiger partial charge >= 0.3 is 0 Å². The van der Waals surface area contributed by atoms with E-state index in [2.05, 4.69) is 6.08 Å². The molecule has 2 aliphatic rings. The summed E-state index contributed by atoms with van der Waals surface area (Å²) >= 11 is 13.3. The van der Waals surface area contributed by atoms with E-state index in [0.29, 0.717) is 12.8 Å². The van der Waals surface area contributed by atoms with Crippen molar-refractivity contribution in [1.82, 2.24) is 0 Å². The van der Waals surface area contributed by atoms with Gasteiger partial charge in [-0.2, -0.15) is 0 Å². The van der Waals surface area contributed by atoms with Crippen molar-refractivity contribution >= 4 is 34.8 Å². The van der Waals surface area contributed by atoms with Gasteiger partial charge in [-0.3, -0.25) is 9.59 Å². The van der Waals surface area contributed by atoms with Crippen molar-refractivity contribution in [1.29, 1.82) is 0 Å². The first-order chi connectivity index (χ1) is 15.1. The number of allylic oxidation sites excluding steroid dienone is 3. The molecule has 7 heteroatoms. The molecule has 0 saturated carbocycles.